The zero-order chi connectivity index (χ0) is 19.6. The number of benzene rings is 2. The summed E-state index contributed by atoms with van der Waals surface area (Å²) in [5.41, 5.74) is 5.61. The molecule has 0 aromatic heterocycles. The van der Waals surface area contributed by atoms with Crippen molar-refractivity contribution in [3.63, 3.8) is 0 Å². The van der Waals surface area contributed by atoms with Crippen LogP contribution >= 0.6 is 0 Å². The van der Waals surface area contributed by atoms with Gasteiger partial charge in [-0.2, -0.15) is 0 Å². The summed E-state index contributed by atoms with van der Waals surface area (Å²) in [5, 5.41) is 0. The van der Waals surface area contributed by atoms with Crippen LogP contribution in [0.3, 0.4) is 0 Å². The van der Waals surface area contributed by atoms with Crippen LogP contribution in [0.1, 0.15) is 80.5 Å². The van der Waals surface area contributed by atoms with Crippen LogP contribution in [0.15, 0.2) is 54.6 Å². The first-order valence-corrected chi connectivity index (χ1v) is 11.2. The third-order valence-electron chi connectivity index (χ3n) is 6.10. The van der Waals surface area contributed by atoms with E-state index >= 15 is 0 Å². The molecule has 0 aliphatic heterocycles. The molecule has 0 heterocycles. The molecular weight excluding hydrogens is 340 g/mol. The van der Waals surface area contributed by atoms with Gasteiger partial charge in [-0.15, -0.1) is 0 Å². The highest BCUT2D eigenvalue weighted by molar-refractivity contribution is 5.49. The van der Waals surface area contributed by atoms with Crippen molar-refractivity contribution < 1.29 is 4.74 Å². The predicted molar refractivity (Wildman–Crippen MR) is 121 cm³/mol. The summed E-state index contributed by atoms with van der Waals surface area (Å²) in [6, 6.07) is 18.3. The second kappa shape index (κ2) is 11.2. The second-order valence-electron chi connectivity index (χ2n) is 8.29. The molecule has 28 heavy (non-hydrogen) atoms. The maximum Gasteiger partial charge on any atom is 0.0716 e. The Morgan fingerprint density at radius 2 is 1.57 bits per heavy atom. The molecule has 3 rings (SSSR count). The maximum absolute atomic E-state index is 5.65. The lowest BCUT2D eigenvalue weighted by atomic mass is 9.77. The number of hydrogen-bond donors (Lipinski definition) is 0. The standard InChI is InChI=1S/C27H36O/c1-3-5-22-6-8-23(9-7-22)10-11-24-12-16-26(17-13-24)27-18-14-25(15-19-27)21-28-20-4-2/h3,5-9,14-15,18-19,24,26H,4,10-13,16-17,20-21H2,1-2H3/b5-3-. The number of allylic oxidation sites excluding steroid dienone is 1. The van der Waals surface area contributed by atoms with Crippen LogP contribution < -0.4 is 0 Å². The molecule has 0 spiro atoms. The smallest absolute Gasteiger partial charge is 0.0716 e. The summed E-state index contributed by atoms with van der Waals surface area (Å²) < 4.78 is 5.65. The molecule has 0 radical (unpaired) electrons. The fourth-order valence-corrected chi connectivity index (χ4v) is 4.36. The van der Waals surface area contributed by atoms with E-state index in [0.29, 0.717) is 0 Å². The van der Waals surface area contributed by atoms with Gasteiger partial charge in [0.1, 0.15) is 0 Å². The number of rotatable bonds is 9. The molecule has 1 aliphatic carbocycles. The van der Waals surface area contributed by atoms with Crippen molar-refractivity contribution in [1.82, 2.24) is 0 Å². The average Bonchev–Trinajstić information content (AvgIpc) is 2.75. The number of aryl methyl sites for hydroxylation is 1. The normalized spacial score (nSPS) is 19.9. The molecule has 2 aromatic rings. The van der Waals surface area contributed by atoms with Crippen molar-refractivity contribution in [2.75, 3.05) is 6.61 Å². The molecule has 0 N–H and O–H groups in total. The summed E-state index contributed by atoms with van der Waals surface area (Å²) >= 11 is 0. The van der Waals surface area contributed by atoms with Crippen LogP contribution in [0.25, 0.3) is 6.08 Å². The highest BCUT2D eigenvalue weighted by Gasteiger charge is 2.22. The molecule has 1 saturated carbocycles. The topological polar surface area (TPSA) is 9.23 Å². The predicted octanol–water partition coefficient (Wildman–Crippen LogP) is 7.55. The van der Waals surface area contributed by atoms with Gasteiger partial charge in [0.05, 0.1) is 6.61 Å². The first-order valence-electron chi connectivity index (χ1n) is 11.2. The largest absolute Gasteiger partial charge is 0.377 e. The Morgan fingerprint density at radius 1 is 0.893 bits per heavy atom. The Kier molecular flexibility index (Phi) is 8.36. The van der Waals surface area contributed by atoms with E-state index in [0.717, 1.165) is 31.5 Å². The zero-order valence-corrected chi connectivity index (χ0v) is 17.7. The van der Waals surface area contributed by atoms with Gasteiger partial charge in [0.25, 0.3) is 0 Å². The van der Waals surface area contributed by atoms with E-state index in [2.05, 4.69) is 74.5 Å². The van der Waals surface area contributed by atoms with Crippen molar-refractivity contribution in [3.8, 4) is 0 Å². The summed E-state index contributed by atoms with van der Waals surface area (Å²) in [6.45, 7) is 5.82. The monoisotopic (exact) mass is 376 g/mol. The Balaban J connectivity index is 1.41. The van der Waals surface area contributed by atoms with Crippen LogP contribution in [0.5, 0.6) is 0 Å². The molecule has 1 aliphatic rings. The minimum Gasteiger partial charge on any atom is -0.377 e. The van der Waals surface area contributed by atoms with E-state index in [9.17, 15) is 0 Å². The van der Waals surface area contributed by atoms with Crippen molar-refractivity contribution in [2.24, 2.45) is 5.92 Å². The SMILES string of the molecule is C/C=C\c1ccc(CCC2CCC(c3ccc(COCCC)cc3)CC2)cc1. The molecule has 1 heteroatoms. The summed E-state index contributed by atoms with van der Waals surface area (Å²) in [5.74, 6) is 1.65. The lowest BCUT2D eigenvalue weighted by Crippen LogP contribution is -2.14. The van der Waals surface area contributed by atoms with Crippen LogP contribution in [-0.4, -0.2) is 6.61 Å². The minimum atomic E-state index is 0.747. The van der Waals surface area contributed by atoms with Gasteiger partial charge in [-0.1, -0.05) is 67.6 Å². The van der Waals surface area contributed by atoms with E-state index < -0.39 is 0 Å². The van der Waals surface area contributed by atoms with Crippen LogP contribution in [0.2, 0.25) is 0 Å². The molecule has 1 nitrogen and oxygen atoms in total. The van der Waals surface area contributed by atoms with Crippen LogP contribution in [0.4, 0.5) is 0 Å². The second-order valence-corrected chi connectivity index (χ2v) is 8.29. The molecule has 0 amide bonds. The quantitative estimate of drug-likeness (QED) is 0.410. The third kappa shape index (κ3) is 6.34. The molecule has 150 valence electrons. The summed E-state index contributed by atoms with van der Waals surface area (Å²) in [7, 11) is 0. The van der Waals surface area contributed by atoms with E-state index in [1.165, 1.54) is 60.8 Å². The van der Waals surface area contributed by atoms with Crippen molar-refractivity contribution in [1.29, 1.82) is 0 Å². The highest BCUT2D eigenvalue weighted by atomic mass is 16.5. The highest BCUT2D eigenvalue weighted by Crippen LogP contribution is 2.37. The van der Waals surface area contributed by atoms with Crippen LogP contribution in [-0.2, 0) is 17.8 Å². The Bertz CT molecular complexity index is 703. The molecule has 0 atom stereocenters. The Morgan fingerprint density at radius 3 is 2.21 bits per heavy atom. The van der Waals surface area contributed by atoms with Crippen molar-refractivity contribution in [2.45, 2.75) is 71.3 Å². The number of hydrogen-bond acceptors (Lipinski definition) is 1. The number of ether oxygens (including phenoxy) is 1. The summed E-state index contributed by atoms with van der Waals surface area (Å²) in [4.78, 5) is 0. The minimum absolute atomic E-state index is 0.747. The van der Waals surface area contributed by atoms with Gasteiger partial charge in [-0.25, -0.2) is 0 Å². The van der Waals surface area contributed by atoms with Gasteiger partial charge >= 0.3 is 0 Å². The van der Waals surface area contributed by atoms with Gasteiger partial charge < -0.3 is 4.74 Å². The first kappa shape index (κ1) is 20.9. The van der Waals surface area contributed by atoms with Gasteiger partial charge in [-0.3, -0.25) is 0 Å². The third-order valence-corrected chi connectivity index (χ3v) is 6.10. The zero-order valence-electron chi connectivity index (χ0n) is 17.7. The van der Waals surface area contributed by atoms with Crippen LogP contribution in [0, 0.1) is 5.92 Å². The maximum atomic E-state index is 5.65. The fraction of sp³-hybridized carbons (Fsp3) is 0.481. The van der Waals surface area contributed by atoms with Gasteiger partial charge in [0, 0.05) is 6.61 Å². The van der Waals surface area contributed by atoms with Crippen molar-refractivity contribution in [3.05, 3.63) is 76.9 Å². The van der Waals surface area contributed by atoms with E-state index in [1.54, 1.807) is 0 Å². The molecular formula is C27H36O. The van der Waals surface area contributed by atoms with Gasteiger partial charge in [-0.05, 0) is 86.0 Å². The molecule has 2 aromatic carbocycles. The molecule has 1 fully saturated rings. The lowest BCUT2D eigenvalue weighted by Gasteiger charge is -2.29. The lowest BCUT2D eigenvalue weighted by molar-refractivity contribution is 0.121. The van der Waals surface area contributed by atoms with Crippen molar-refractivity contribution >= 4 is 6.08 Å². The molecule has 0 unspecified atom stereocenters. The summed E-state index contributed by atoms with van der Waals surface area (Å²) in [6.07, 6.45) is 13.3. The molecule has 0 bridgehead atoms. The Hall–Kier alpha value is -1.86. The van der Waals surface area contributed by atoms with E-state index in [1.807, 2.05) is 0 Å². The van der Waals surface area contributed by atoms with E-state index in [4.69, 9.17) is 4.74 Å². The molecule has 0 saturated heterocycles. The van der Waals surface area contributed by atoms with E-state index in [-0.39, 0.29) is 0 Å². The average molecular weight is 377 g/mol. The van der Waals surface area contributed by atoms with Gasteiger partial charge in [0.2, 0.25) is 0 Å². The first-order chi connectivity index (χ1) is 13.8. The fourth-order valence-electron chi connectivity index (χ4n) is 4.36. The van der Waals surface area contributed by atoms with Gasteiger partial charge in [0.15, 0.2) is 0 Å². The Labute approximate surface area is 171 Å².